The molecule has 1 aromatic rings. The van der Waals surface area contributed by atoms with Crippen molar-refractivity contribution in [2.45, 2.75) is 39.3 Å². The Morgan fingerprint density at radius 1 is 1.53 bits per heavy atom. The molecule has 0 aromatic carbocycles. The van der Waals surface area contributed by atoms with E-state index in [0.717, 1.165) is 12.2 Å². The monoisotopic (exact) mass is 268 g/mol. The molecule has 0 aliphatic carbocycles. The van der Waals surface area contributed by atoms with Gasteiger partial charge in [0.2, 0.25) is 5.91 Å². The van der Waals surface area contributed by atoms with E-state index >= 15 is 0 Å². The van der Waals surface area contributed by atoms with Gasteiger partial charge in [0.05, 0.1) is 12.3 Å². The largest absolute Gasteiger partial charge is 0.467 e. The van der Waals surface area contributed by atoms with E-state index in [-0.39, 0.29) is 5.91 Å². The van der Waals surface area contributed by atoms with Crippen molar-refractivity contribution >= 4 is 5.91 Å². The molecule has 1 atom stereocenters. The molecule has 1 rings (SSSR count). The first-order valence-electron chi connectivity index (χ1n) is 6.73. The fourth-order valence-corrected chi connectivity index (χ4v) is 1.70. The molecule has 19 heavy (non-hydrogen) atoms. The molecule has 108 valence electrons. The van der Waals surface area contributed by atoms with Crippen molar-refractivity contribution in [1.82, 2.24) is 5.32 Å². The highest BCUT2D eigenvalue weighted by atomic mass is 16.5. The molecule has 5 nitrogen and oxygen atoms in total. The predicted octanol–water partition coefficient (Wildman–Crippen LogP) is 1.68. The van der Waals surface area contributed by atoms with E-state index in [1.807, 2.05) is 12.1 Å². The van der Waals surface area contributed by atoms with Crippen LogP contribution in [0.4, 0.5) is 0 Å². The molecular formula is C14H24N2O3. The third-order valence-corrected chi connectivity index (χ3v) is 2.65. The van der Waals surface area contributed by atoms with Crippen LogP contribution >= 0.6 is 0 Å². The van der Waals surface area contributed by atoms with Crippen LogP contribution in [0.15, 0.2) is 22.8 Å². The van der Waals surface area contributed by atoms with Crippen LogP contribution in [0, 0.1) is 5.92 Å². The lowest BCUT2D eigenvalue weighted by Gasteiger charge is -2.14. The molecule has 1 unspecified atom stereocenters. The van der Waals surface area contributed by atoms with Crippen LogP contribution in [0.5, 0.6) is 0 Å². The summed E-state index contributed by atoms with van der Waals surface area (Å²) >= 11 is 0. The smallest absolute Gasteiger partial charge is 0.236 e. The molecule has 1 aromatic heterocycles. The number of amides is 1. The van der Waals surface area contributed by atoms with Gasteiger partial charge in [-0.15, -0.1) is 0 Å². The number of nitrogens with one attached hydrogen (secondary N) is 1. The Bertz CT molecular complexity index is 350. The standard InChI is InChI=1S/C14H24N2O3/c1-11(2)9-13(15)14(17)16-6-4-7-18-10-12-5-3-8-19-12/h3,5,8,11,13H,4,6-7,9-10,15H2,1-2H3,(H,16,17). The molecular weight excluding hydrogens is 244 g/mol. The van der Waals surface area contributed by atoms with Crippen LogP contribution in [0.1, 0.15) is 32.4 Å². The molecule has 3 N–H and O–H groups in total. The summed E-state index contributed by atoms with van der Waals surface area (Å²) in [6.45, 7) is 5.74. The maximum atomic E-state index is 11.6. The summed E-state index contributed by atoms with van der Waals surface area (Å²) in [4.78, 5) is 11.6. The van der Waals surface area contributed by atoms with Crippen LogP contribution in [0.3, 0.4) is 0 Å². The highest BCUT2D eigenvalue weighted by molar-refractivity contribution is 5.81. The maximum Gasteiger partial charge on any atom is 0.236 e. The number of carbonyl (C=O) groups is 1. The Kier molecular flexibility index (Phi) is 7.22. The fraction of sp³-hybridized carbons (Fsp3) is 0.643. The van der Waals surface area contributed by atoms with Gasteiger partial charge in [-0.05, 0) is 30.9 Å². The molecule has 0 fully saturated rings. The van der Waals surface area contributed by atoms with E-state index < -0.39 is 6.04 Å². The van der Waals surface area contributed by atoms with Gasteiger partial charge in [-0.2, -0.15) is 0 Å². The van der Waals surface area contributed by atoms with Gasteiger partial charge < -0.3 is 20.2 Å². The van der Waals surface area contributed by atoms with E-state index in [2.05, 4.69) is 19.2 Å². The maximum absolute atomic E-state index is 11.6. The topological polar surface area (TPSA) is 77.5 Å². The average Bonchev–Trinajstić information content (AvgIpc) is 2.85. The molecule has 5 heteroatoms. The summed E-state index contributed by atoms with van der Waals surface area (Å²) in [7, 11) is 0. The van der Waals surface area contributed by atoms with E-state index in [1.165, 1.54) is 0 Å². The molecule has 0 saturated carbocycles. The lowest BCUT2D eigenvalue weighted by molar-refractivity contribution is -0.122. The van der Waals surface area contributed by atoms with Crippen molar-refractivity contribution in [3.63, 3.8) is 0 Å². The number of carbonyl (C=O) groups excluding carboxylic acids is 1. The minimum atomic E-state index is -0.413. The lowest BCUT2D eigenvalue weighted by Crippen LogP contribution is -2.41. The van der Waals surface area contributed by atoms with Crippen molar-refractivity contribution in [2.24, 2.45) is 11.7 Å². The minimum Gasteiger partial charge on any atom is -0.467 e. The minimum absolute atomic E-state index is 0.0836. The van der Waals surface area contributed by atoms with E-state index in [1.54, 1.807) is 6.26 Å². The van der Waals surface area contributed by atoms with Crippen molar-refractivity contribution in [2.75, 3.05) is 13.2 Å². The Hall–Kier alpha value is -1.33. The van der Waals surface area contributed by atoms with Crippen molar-refractivity contribution < 1.29 is 13.9 Å². The second-order valence-corrected chi connectivity index (χ2v) is 5.01. The number of rotatable bonds is 9. The zero-order valence-corrected chi connectivity index (χ0v) is 11.7. The summed E-state index contributed by atoms with van der Waals surface area (Å²) in [5.74, 6) is 1.15. The van der Waals surface area contributed by atoms with Crippen molar-refractivity contribution in [3.05, 3.63) is 24.2 Å². The van der Waals surface area contributed by atoms with E-state index in [4.69, 9.17) is 14.9 Å². The SMILES string of the molecule is CC(C)CC(N)C(=O)NCCCOCc1ccco1. The Morgan fingerprint density at radius 2 is 2.32 bits per heavy atom. The van der Waals surface area contributed by atoms with E-state index in [0.29, 0.717) is 32.1 Å². The van der Waals surface area contributed by atoms with Crippen molar-refractivity contribution in [3.8, 4) is 0 Å². The van der Waals surface area contributed by atoms with Gasteiger partial charge in [0.1, 0.15) is 12.4 Å². The summed E-state index contributed by atoms with van der Waals surface area (Å²) < 4.78 is 10.5. The van der Waals surface area contributed by atoms with Crippen LogP contribution in [0.25, 0.3) is 0 Å². The van der Waals surface area contributed by atoms with Gasteiger partial charge in [0.15, 0.2) is 0 Å². The van der Waals surface area contributed by atoms with Gasteiger partial charge in [-0.1, -0.05) is 13.8 Å². The third-order valence-electron chi connectivity index (χ3n) is 2.65. The Morgan fingerprint density at radius 3 is 2.95 bits per heavy atom. The van der Waals surface area contributed by atoms with Gasteiger partial charge in [-0.3, -0.25) is 4.79 Å². The molecule has 0 bridgehead atoms. The quantitative estimate of drug-likeness (QED) is 0.668. The molecule has 1 heterocycles. The average molecular weight is 268 g/mol. The molecule has 0 aliphatic rings. The van der Waals surface area contributed by atoms with Gasteiger partial charge in [0.25, 0.3) is 0 Å². The van der Waals surface area contributed by atoms with Crippen LogP contribution in [0.2, 0.25) is 0 Å². The molecule has 1 amide bonds. The lowest BCUT2D eigenvalue weighted by atomic mass is 10.0. The number of hydrogen-bond donors (Lipinski definition) is 2. The molecule has 0 radical (unpaired) electrons. The van der Waals surface area contributed by atoms with E-state index in [9.17, 15) is 4.79 Å². The Balaban J connectivity index is 1.99. The number of nitrogens with two attached hydrogens (primary N) is 1. The number of ether oxygens (including phenoxy) is 1. The Labute approximate surface area is 114 Å². The van der Waals surface area contributed by atoms with Crippen LogP contribution < -0.4 is 11.1 Å². The van der Waals surface area contributed by atoms with Gasteiger partial charge >= 0.3 is 0 Å². The molecule has 0 saturated heterocycles. The second-order valence-electron chi connectivity index (χ2n) is 5.01. The van der Waals surface area contributed by atoms with Crippen molar-refractivity contribution in [1.29, 1.82) is 0 Å². The highest BCUT2D eigenvalue weighted by Crippen LogP contribution is 2.03. The summed E-state index contributed by atoms with van der Waals surface area (Å²) in [5.41, 5.74) is 5.77. The predicted molar refractivity (Wildman–Crippen MR) is 73.4 cm³/mol. The number of hydrogen-bond acceptors (Lipinski definition) is 4. The first-order chi connectivity index (χ1) is 9.09. The fourth-order valence-electron chi connectivity index (χ4n) is 1.70. The summed E-state index contributed by atoms with van der Waals surface area (Å²) in [6, 6.07) is 3.28. The highest BCUT2D eigenvalue weighted by Gasteiger charge is 2.13. The van der Waals surface area contributed by atoms with Gasteiger partial charge in [-0.25, -0.2) is 0 Å². The van der Waals surface area contributed by atoms with Gasteiger partial charge in [0, 0.05) is 13.2 Å². The van der Waals surface area contributed by atoms with Crippen LogP contribution in [-0.2, 0) is 16.1 Å². The first-order valence-corrected chi connectivity index (χ1v) is 6.73. The summed E-state index contributed by atoms with van der Waals surface area (Å²) in [5, 5.41) is 2.81. The first kappa shape index (κ1) is 15.7. The number of furan rings is 1. The van der Waals surface area contributed by atoms with Crippen LogP contribution in [-0.4, -0.2) is 25.1 Å². The third kappa shape index (κ3) is 6.98. The molecule has 0 aliphatic heterocycles. The molecule has 0 spiro atoms. The summed E-state index contributed by atoms with van der Waals surface area (Å²) in [6.07, 6.45) is 3.09. The normalized spacial score (nSPS) is 12.6. The zero-order chi connectivity index (χ0) is 14.1. The second kappa shape index (κ2) is 8.72. The zero-order valence-electron chi connectivity index (χ0n) is 11.7.